The summed E-state index contributed by atoms with van der Waals surface area (Å²) in [5.74, 6) is 0.873. The summed E-state index contributed by atoms with van der Waals surface area (Å²) >= 11 is 0. The molecule has 2 heteroatoms. The van der Waals surface area contributed by atoms with Crippen molar-refractivity contribution in [2.75, 3.05) is 7.11 Å². The lowest BCUT2D eigenvalue weighted by molar-refractivity contribution is -0.140. The summed E-state index contributed by atoms with van der Waals surface area (Å²) in [5, 5.41) is 0. The number of carbonyl (C=O) groups is 1. The smallest absolute Gasteiger partial charge is 0.305 e. The molecule has 1 atom stereocenters. The molecule has 0 fully saturated rings. The standard InChI is InChI=1S/C23H46O2/c1-4-5-6-13-16-19-22(2)20-17-14-11-9-7-8-10-12-15-18-21-23(24)25-3/h22H,4-21H2,1-3H3. The van der Waals surface area contributed by atoms with Crippen LogP contribution in [0, 0.1) is 5.92 Å². The van der Waals surface area contributed by atoms with Gasteiger partial charge in [0, 0.05) is 6.42 Å². The number of rotatable bonds is 19. The summed E-state index contributed by atoms with van der Waals surface area (Å²) in [6.07, 6.45) is 23.8. The van der Waals surface area contributed by atoms with Crippen LogP contribution in [0.25, 0.3) is 0 Å². The van der Waals surface area contributed by atoms with E-state index in [-0.39, 0.29) is 5.97 Å². The van der Waals surface area contributed by atoms with Gasteiger partial charge in [-0.05, 0) is 12.3 Å². The van der Waals surface area contributed by atoms with E-state index >= 15 is 0 Å². The van der Waals surface area contributed by atoms with Crippen molar-refractivity contribution >= 4 is 5.97 Å². The molecular weight excluding hydrogens is 308 g/mol. The average molecular weight is 355 g/mol. The van der Waals surface area contributed by atoms with Gasteiger partial charge in [-0.2, -0.15) is 0 Å². The first-order valence-corrected chi connectivity index (χ1v) is 11.3. The van der Waals surface area contributed by atoms with Gasteiger partial charge < -0.3 is 4.74 Å². The SMILES string of the molecule is CCCCCCCC(C)CCCCCCCCCCCCC(=O)OC. The summed E-state index contributed by atoms with van der Waals surface area (Å²) in [6, 6.07) is 0. The van der Waals surface area contributed by atoms with Crippen LogP contribution in [0.5, 0.6) is 0 Å². The van der Waals surface area contributed by atoms with E-state index in [4.69, 9.17) is 0 Å². The topological polar surface area (TPSA) is 26.3 Å². The van der Waals surface area contributed by atoms with Gasteiger partial charge in [0.05, 0.1) is 7.11 Å². The van der Waals surface area contributed by atoms with Crippen LogP contribution in [-0.2, 0) is 9.53 Å². The van der Waals surface area contributed by atoms with E-state index in [1.165, 1.54) is 110 Å². The van der Waals surface area contributed by atoms with Crippen molar-refractivity contribution in [3.8, 4) is 0 Å². The van der Waals surface area contributed by atoms with Crippen LogP contribution in [0.1, 0.15) is 129 Å². The minimum atomic E-state index is -0.0641. The first-order chi connectivity index (χ1) is 12.2. The quantitative estimate of drug-likeness (QED) is 0.174. The van der Waals surface area contributed by atoms with Crippen molar-refractivity contribution in [1.29, 1.82) is 0 Å². The maximum Gasteiger partial charge on any atom is 0.305 e. The molecule has 0 N–H and O–H groups in total. The summed E-state index contributed by atoms with van der Waals surface area (Å²) in [6.45, 7) is 4.73. The van der Waals surface area contributed by atoms with Gasteiger partial charge in [0.25, 0.3) is 0 Å². The maximum atomic E-state index is 11.0. The molecule has 0 saturated heterocycles. The number of unbranched alkanes of at least 4 members (excludes halogenated alkanes) is 13. The number of methoxy groups -OCH3 is 1. The third-order valence-electron chi connectivity index (χ3n) is 5.36. The fourth-order valence-corrected chi connectivity index (χ4v) is 3.52. The molecule has 0 heterocycles. The molecule has 0 aromatic heterocycles. The van der Waals surface area contributed by atoms with Gasteiger partial charge in [-0.1, -0.05) is 117 Å². The van der Waals surface area contributed by atoms with E-state index < -0.39 is 0 Å². The summed E-state index contributed by atoms with van der Waals surface area (Å²) < 4.78 is 4.65. The van der Waals surface area contributed by atoms with Crippen molar-refractivity contribution in [1.82, 2.24) is 0 Å². The Morgan fingerprint density at radius 1 is 0.680 bits per heavy atom. The van der Waals surface area contributed by atoms with Crippen molar-refractivity contribution in [3.63, 3.8) is 0 Å². The number of carbonyl (C=O) groups excluding carboxylic acids is 1. The molecule has 0 aliphatic carbocycles. The molecule has 150 valence electrons. The van der Waals surface area contributed by atoms with E-state index in [9.17, 15) is 4.79 Å². The Kier molecular flexibility index (Phi) is 19.4. The second kappa shape index (κ2) is 19.8. The van der Waals surface area contributed by atoms with E-state index in [1.807, 2.05) is 0 Å². The van der Waals surface area contributed by atoms with Crippen LogP contribution in [0.15, 0.2) is 0 Å². The molecule has 0 rings (SSSR count). The Bertz CT molecular complexity index is 275. The normalized spacial score (nSPS) is 12.3. The lowest BCUT2D eigenvalue weighted by atomic mass is 9.96. The predicted molar refractivity (Wildman–Crippen MR) is 110 cm³/mol. The number of hydrogen-bond acceptors (Lipinski definition) is 2. The van der Waals surface area contributed by atoms with Crippen molar-refractivity contribution in [3.05, 3.63) is 0 Å². The Hall–Kier alpha value is -0.530. The monoisotopic (exact) mass is 354 g/mol. The molecule has 2 nitrogen and oxygen atoms in total. The van der Waals surface area contributed by atoms with Gasteiger partial charge in [-0.3, -0.25) is 4.79 Å². The maximum absolute atomic E-state index is 11.0. The second-order valence-electron chi connectivity index (χ2n) is 7.96. The van der Waals surface area contributed by atoms with Gasteiger partial charge in [0.15, 0.2) is 0 Å². The molecule has 0 saturated carbocycles. The minimum Gasteiger partial charge on any atom is -0.469 e. The number of hydrogen-bond donors (Lipinski definition) is 0. The van der Waals surface area contributed by atoms with Gasteiger partial charge in [0.2, 0.25) is 0 Å². The lowest BCUT2D eigenvalue weighted by Crippen LogP contribution is -1.99. The first-order valence-electron chi connectivity index (χ1n) is 11.3. The van der Waals surface area contributed by atoms with Crippen LogP contribution >= 0.6 is 0 Å². The highest BCUT2D eigenvalue weighted by Crippen LogP contribution is 2.18. The summed E-state index contributed by atoms with van der Waals surface area (Å²) in [4.78, 5) is 11.0. The fourth-order valence-electron chi connectivity index (χ4n) is 3.52. The van der Waals surface area contributed by atoms with Crippen LogP contribution in [0.4, 0.5) is 0 Å². The Morgan fingerprint density at radius 3 is 1.52 bits per heavy atom. The number of esters is 1. The van der Waals surface area contributed by atoms with Crippen molar-refractivity contribution in [2.24, 2.45) is 5.92 Å². The molecule has 0 aliphatic heterocycles. The average Bonchev–Trinajstić information content (AvgIpc) is 2.62. The van der Waals surface area contributed by atoms with Crippen molar-refractivity contribution < 1.29 is 9.53 Å². The Labute approximate surface area is 158 Å². The van der Waals surface area contributed by atoms with E-state index in [2.05, 4.69) is 18.6 Å². The van der Waals surface area contributed by atoms with Gasteiger partial charge in [-0.15, -0.1) is 0 Å². The Morgan fingerprint density at radius 2 is 1.08 bits per heavy atom. The van der Waals surface area contributed by atoms with E-state index in [0.29, 0.717) is 6.42 Å². The second-order valence-corrected chi connectivity index (χ2v) is 7.96. The van der Waals surface area contributed by atoms with Crippen molar-refractivity contribution in [2.45, 2.75) is 129 Å². The fraction of sp³-hybridized carbons (Fsp3) is 0.957. The first kappa shape index (κ1) is 24.5. The lowest BCUT2D eigenvalue weighted by Gasteiger charge is -2.11. The molecule has 0 aliphatic rings. The predicted octanol–water partition coefficient (Wildman–Crippen LogP) is 7.84. The van der Waals surface area contributed by atoms with Crippen LogP contribution in [0.2, 0.25) is 0 Å². The molecule has 0 amide bonds. The molecule has 0 bridgehead atoms. The minimum absolute atomic E-state index is 0.0641. The molecule has 1 unspecified atom stereocenters. The molecule has 0 spiro atoms. The van der Waals surface area contributed by atoms with Crippen LogP contribution < -0.4 is 0 Å². The highest BCUT2D eigenvalue weighted by Gasteiger charge is 2.02. The zero-order valence-electron chi connectivity index (χ0n) is 17.6. The van der Waals surface area contributed by atoms with Crippen LogP contribution in [0.3, 0.4) is 0 Å². The molecule has 25 heavy (non-hydrogen) atoms. The highest BCUT2D eigenvalue weighted by molar-refractivity contribution is 5.68. The van der Waals surface area contributed by atoms with Crippen LogP contribution in [-0.4, -0.2) is 13.1 Å². The van der Waals surface area contributed by atoms with Gasteiger partial charge in [-0.25, -0.2) is 0 Å². The third kappa shape index (κ3) is 19.6. The molecular formula is C23H46O2. The zero-order valence-corrected chi connectivity index (χ0v) is 17.6. The molecule has 0 radical (unpaired) electrons. The Balaban J connectivity index is 3.14. The summed E-state index contributed by atoms with van der Waals surface area (Å²) in [7, 11) is 1.47. The zero-order chi connectivity index (χ0) is 18.6. The highest BCUT2D eigenvalue weighted by atomic mass is 16.5. The van der Waals surface area contributed by atoms with Gasteiger partial charge >= 0.3 is 5.97 Å². The van der Waals surface area contributed by atoms with E-state index in [0.717, 1.165) is 12.3 Å². The van der Waals surface area contributed by atoms with E-state index in [1.54, 1.807) is 0 Å². The molecule has 0 aromatic rings. The summed E-state index contributed by atoms with van der Waals surface area (Å²) in [5.41, 5.74) is 0. The van der Waals surface area contributed by atoms with Gasteiger partial charge in [0.1, 0.15) is 0 Å². The number of ether oxygens (including phenoxy) is 1. The largest absolute Gasteiger partial charge is 0.469 e. The molecule has 0 aromatic carbocycles. The third-order valence-corrected chi connectivity index (χ3v) is 5.36.